The van der Waals surface area contributed by atoms with E-state index in [-0.39, 0.29) is 4.90 Å². The first-order valence-corrected chi connectivity index (χ1v) is 8.07. The number of anilines is 2. The molecule has 19 heavy (non-hydrogen) atoms. The Hall–Kier alpha value is -1.27. The zero-order chi connectivity index (χ0) is 14.1. The van der Waals surface area contributed by atoms with Crippen molar-refractivity contribution >= 4 is 21.4 Å². The Labute approximate surface area is 114 Å². The fourth-order valence-electron chi connectivity index (χ4n) is 2.54. The van der Waals surface area contributed by atoms with Gasteiger partial charge in [-0.25, -0.2) is 13.6 Å². The van der Waals surface area contributed by atoms with Crippen molar-refractivity contribution in [1.29, 1.82) is 0 Å². The van der Waals surface area contributed by atoms with Crippen LogP contribution < -0.4 is 16.2 Å². The lowest BCUT2D eigenvalue weighted by Crippen LogP contribution is -2.36. The summed E-state index contributed by atoms with van der Waals surface area (Å²) in [5.41, 5.74) is 6.85. The molecule has 0 aromatic heterocycles. The number of sulfonamides is 1. The van der Waals surface area contributed by atoms with E-state index in [1.165, 1.54) is 25.3 Å². The highest BCUT2D eigenvalue weighted by Crippen LogP contribution is 2.44. The molecule has 2 rings (SSSR count). The molecule has 5 nitrogen and oxygen atoms in total. The van der Waals surface area contributed by atoms with Crippen LogP contribution >= 0.6 is 0 Å². The lowest BCUT2D eigenvalue weighted by Gasteiger charge is -2.41. The van der Waals surface area contributed by atoms with Gasteiger partial charge < -0.3 is 11.1 Å². The predicted octanol–water partition coefficient (Wildman–Crippen LogP) is 1.91. The molecule has 0 aliphatic heterocycles. The number of nitrogens with one attached hydrogen (secondary N) is 1. The number of hydrogen-bond acceptors (Lipinski definition) is 4. The van der Waals surface area contributed by atoms with E-state index in [2.05, 4.69) is 12.2 Å². The minimum Gasteiger partial charge on any atom is -0.399 e. The van der Waals surface area contributed by atoms with Crippen molar-refractivity contribution < 1.29 is 8.42 Å². The molecule has 6 heteroatoms. The van der Waals surface area contributed by atoms with E-state index in [0.717, 1.165) is 13.0 Å². The molecule has 0 bridgehead atoms. The van der Waals surface area contributed by atoms with Crippen LogP contribution in [0.2, 0.25) is 0 Å². The van der Waals surface area contributed by atoms with Gasteiger partial charge in [0.05, 0.1) is 5.69 Å². The summed E-state index contributed by atoms with van der Waals surface area (Å²) in [5, 5.41) is 8.45. The van der Waals surface area contributed by atoms with Gasteiger partial charge in [0, 0.05) is 12.2 Å². The summed E-state index contributed by atoms with van der Waals surface area (Å²) >= 11 is 0. The van der Waals surface area contributed by atoms with E-state index in [9.17, 15) is 8.42 Å². The smallest absolute Gasteiger partial charge is 0.240 e. The number of nitrogen functional groups attached to an aromatic ring is 1. The van der Waals surface area contributed by atoms with Gasteiger partial charge in [-0.3, -0.25) is 0 Å². The first kappa shape index (κ1) is 14.1. The van der Waals surface area contributed by atoms with Crippen molar-refractivity contribution in [3.8, 4) is 0 Å². The number of benzene rings is 1. The van der Waals surface area contributed by atoms with Crippen LogP contribution in [-0.2, 0) is 10.0 Å². The van der Waals surface area contributed by atoms with Crippen LogP contribution in [-0.4, -0.2) is 15.0 Å². The van der Waals surface area contributed by atoms with E-state index in [4.69, 9.17) is 10.9 Å². The average molecular weight is 283 g/mol. The van der Waals surface area contributed by atoms with Crippen LogP contribution in [0.1, 0.15) is 32.6 Å². The van der Waals surface area contributed by atoms with Crippen molar-refractivity contribution in [2.75, 3.05) is 17.6 Å². The molecule has 0 spiro atoms. The van der Waals surface area contributed by atoms with E-state index in [1.807, 2.05) is 0 Å². The SMILES string of the molecule is CCC1(CNc2ccc(N)cc2S(N)(=O)=O)CCC1. The maximum Gasteiger partial charge on any atom is 0.240 e. The fraction of sp³-hybridized carbons (Fsp3) is 0.538. The van der Waals surface area contributed by atoms with E-state index >= 15 is 0 Å². The topological polar surface area (TPSA) is 98.2 Å². The maximum atomic E-state index is 11.6. The Kier molecular flexibility index (Phi) is 3.73. The quantitative estimate of drug-likeness (QED) is 0.719. The van der Waals surface area contributed by atoms with Crippen LogP contribution in [0.3, 0.4) is 0 Å². The van der Waals surface area contributed by atoms with E-state index in [1.54, 1.807) is 12.1 Å². The summed E-state index contributed by atoms with van der Waals surface area (Å²) in [7, 11) is -3.76. The molecule has 106 valence electrons. The highest BCUT2D eigenvalue weighted by molar-refractivity contribution is 7.89. The molecule has 1 aliphatic carbocycles. The van der Waals surface area contributed by atoms with Crippen molar-refractivity contribution in [3.05, 3.63) is 18.2 Å². The monoisotopic (exact) mass is 283 g/mol. The van der Waals surface area contributed by atoms with Gasteiger partial charge in [0.25, 0.3) is 0 Å². The van der Waals surface area contributed by atoms with Gasteiger partial charge in [-0.1, -0.05) is 13.3 Å². The maximum absolute atomic E-state index is 11.6. The fourth-order valence-corrected chi connectivity index (χ4v) is 3.28. The van der Waals surface area contributed by atoms with Gasteiger partial charge in [-0.05, 0) is 42.9 Å². The Balaban J connectivity index is 2.21. The van der Waals surface area contributed by atoms with Crippen molar-refractivity contribution in [3.63, 3.8) is 0 Å². The molecule has 1 aliphatic rings. The molecule has 0 radical (unpaired) electrons. The second kappa shape index (κ2) is 5.02. The molecule has 1 aromatic rings. The zero-order valence-electron chi connectivity index (χ0n) is 11.1. The van der Waals surface area contributed by atoms with Crippen molar-refractivity contribution in [2.45, 2.75) is 37.5 Å². The van der Waals surface area contributed by atoms with Gasteiger partial charge in [-0.15, -0.1) is 0 Å². The van der Waals surface area contributed by atoms with Crippen LogP contribution in [0.5, 0.6) is 0 Å². The van der Waals surface area contributed by atoms with Gasteiger partial charge in [0.15, 0.2) is 0 Å². The standard InChI is InChI=1S/C13H21N3O2S/c1-2-13(6-3-7-13)9-16-11-5-4-10(14)8-12(11)19(15,17)18/h4-5,8,16H,2-3,6-7,9,14H2,1H3,(H2,15,17,18). The second-order valence-electron chi connectivity index (χ2n) is 5.36. The van der Waals surface area contributed by atoms with Crippen LogP contribution in [0, 0.1) is 5.41 Å². The Morgan fingerprint density at radius 3 is 2.53 bits per heavy atom. The van der Waals surface area contributed by atoms with E-state index in [0.29, 0.717) is 16.8 Å². The zero-order valence-corrected chi connectivity index (χ0v) is 12.0. The third-order valence-electron chi connectivity index (χ3n) is 4.13. The molecule has 0 saturated heterocycles. The number of nitrogens with two attached hydrogens (primary N) is 2. The molecule has 5 N–H and O–H groups in total. The summed E-state index contributed by atoms with van der Waals surface area (Å²) in [6, 6.07) is 4.75. The minimum absolute atomic E-state index is 0.0677. The highest BCUT2D eigenvalue weighted by atomic mass is 32.2. The molecule has 0 unspecified atom stereocenters. The van der Waals surface area contributed by atoms with Crippen LogP contribution in [0.4, 0.5) is 11.4 Å². The third-order valence-corrected chi connectivity index (χ3v) is 5.08. The lowest BCUT2D eigenvalue weighted by molar-refractivity contribution is 0.145. The summed E-state index contributed by atoms with van der Waals surface area (Å²) in [6.07, 6.45) is 4.73. The first-order chi connectivity index (χ1) is 8.86. The van der Waals surface area contributed by atoms with Gasteiger partial charge >= 0.3 is 0 Å². The van der Waals surface area contributed by atoms with Gasteiger partial charge in [0.1, 0.15) is 4.90 Å². The van der Waals surface area contributed by atoms with Crippen LogP contribution in [0.25, 0.3) is 0 Å². The molecule has 1 saturated carbocycles. The third kappa shape index (κ3) is 3.01. The minimum atomic E-state index is -3.76. The molecular formula is C13H21N3O2S. The molecule has 0 amide bonds. The van der Waals surface area contributed by atoms with Crippen molar-refractivity contribution in [1.82, 2.24) is 0 Å². The normalized spacial score (nSPS) is 17.8. The lowest BCUT2D eigenvalue weighted by atomic mass is 9.67. The Bertz CT molecular complexity index is 560. The molecule has 1 fully saturated rings. The predicted molar refractivity (Wildman–Crippen MR) is 77.3 cm³/mol. The largest absolute Gasteiger partial charge is 0.399 e. The molecule has 0 heterocycles. The molecular weight excluding hydrogens is 262 g/mol. The summed E-state index contributed by atoms with van der Waals surface area (Å²) in [5.74, 6) is 0. The van der Waals surface area contributed by atoms with E-state index < -0.39 is 10.0 Å². The summed E-state index contributed by atoms with van der Waals surface area (Å²) < 4.78 is 23.1. The molecule has 1 aromatic carbocycles. The first-order valence-electron chi connectivity index (χ1n) is 6.52. The van der Waals surface area contributed by atoms with Gasteiger partial charge in [0.2, 0.25) is 10.0 Å². The average Bonchev–Trinajstić information content (AvgIpc) is 2.28. The molecule has 0 atom stereocenters. The summed E-state index contributed by atoms with van der Waals surface area (Å²) in [4.78, 5) is 0.0677. The van der Waals surface area contributed by atoms with Gasteiger partial charge in [-0.2, -0.15) is 0 Å². The highest BCUT2D eigenvalue weighted by Gasteiger charge is 2.35. The Morgan fingerprint density at radius 1 is 1.37 bits per heavy atom. The number of primary sulfonamides is 1. The number of hydrogen-bond donors (Lipinski definition) is 3. The number of rotatable bonds is 5. The van der Waals surface area contributed by atoms with Crippen molar-refractivity contribution in [2.24, 2.45) is 10.6 Å². The Morgan fingerprint density at radius 2 is 2.05 bits per heavy atom. The summed E-state index contributed by atoms with van der Waals surface area (Å²) in [6.45, 7) is 2.94. The van der Waals surface area contributed by atoms with Crippen LogP contribution in [0.15, 0.2) is 23.1 Å². The second-order valence-corrected chi connectivity index (χ2v) is 6.89.